The summed E-state index contributed by atoms with van der Waals surface area (Å²) in [6, 6.07) is 8.58. The third kappa shape index (κ3) is 3.31. The van der Waals surface area contributed by atoms with Gasteiger partial charge < -0.3 is 5.73 Å². The summed E-state index contributed by atoms with van der Waals surface area (Å²) < 4.78 is 27.0. The molecule has 0 aromatic heterocycles. The lowest BCUT2D eigenvalue weighted by atomic mass is 9.98. The van der Waals surface area contributed by atoms with Gasteiger partial charge in [-0.05, 0) is 48.7 Å². The second-order valence-electron chi connectivity index (χ2n) is 4.57. The van der Waals surface area contributed by atoms with Crippen molar-refractivity contribution in [3.8, 4) is 0 Å². The zero-order valence-corrected chi connectivity index (χ0v) is 11.2. The summed E-state index contributed by atoms with van der Waals surface area (Å²) in [4.78, 5) is 0. The molecule has 0 spiro atoms. The smallest absolute Gasteiger partial charge is 0.127 e. The highest BCUT2D eigenvalue weighted by atomic mass is 35.5. The molecule has 1 atom stereocenters. The molecule has 0 aliphatic carbocycles. The lowest BCUT2D eigenvalue weighted by Crippen LogP contribution is -2.15. The minimum Gasteiger partial charge on any atom is -0.324 e. The molecule has 2 aromatic carbocycles. The van der Waals surface area contributed by atoms with Gasteiger partial charge in [0.15, 0.2) is 0 Å². The number of hydrogen-bond donors (Lipinski definition) is 1. The Morgan fingerprint density at radius 1 is 1.21 bits per heavy atom. The van der Waals surface area contributed by atoms with Gasteiger partial charge in [-0.3, -0.25) is 0 Å². The maximum absolute atomic E-state index is 13.7. The van der Waals surface area contributed by atoms with Crippen molar-refractivity contribution in [1.82, 2.24) is 0 Å². The molecule has 19 heavy (non-hydrogen) atoms. The molecule has 4 heteroatoms. The van der Waals surface area contributed by atoms with E-state index >= 15 is 0 Å². The minimum atomic E-state index is -0.496. The first-order valence-corrected chi connectivity index (χ1v) is 6.30. The molecule has 0 aliphatic rings. The first-order valence-electron chi connectivity index (χ1n) is 5.93. The summed E-state index contributed by atoms with van der Waals surface area (Å²) in [5, 5.41) is 0.337. The van der Waals surface area contributed by atoms with Crippen LogP contribution in [0.15, 0.2) is 36.4 Å². The van der Waals surface area contributed by atoms with E-state index in [0.29, 0.717) is 16.1 Å². The van der Waals surface area contributed by atoms with Crippen molar-refractivity contribution in [1.29, 1.82) is 0 Å². The van der Waals surface area contributed by atoms with E-state index in [1.165, 1.54) is 18.2 Å². The first-order chi connectivity index (χ1) is 8.97. The Balaban J connectivity index is 2.28. The van der Waals surface area contributed by atoms with Crippen molar-refractivity contribution in [3.63, 3.8) is 0 Å². The molecule has 2 rings (SSSR count). The van der Waals surface area contributed by atoms with Gasteiger partial charge in [-0.25, -0.2) is 8.78 Å². The van der Waals surface area contributed by atoms with Gasteiger partial charge in [-0.1, -0.05) is 23.7 Å². The van der Waals surface area contributed by atoms with E-state index < -0.39 is 11.9 Å². The fourth-order valence-corrected chi connectivity index (χ4v) is 2.28. The predicted octanol–water partition coefficient (Wildman–Crippen LogP) is 4.17. The van der Waals surface area contributed by atoms with Gasteiger partial charge in [0.05, 0.1) is 0 Å². The van der Waals surface area contributed by atoms with E-state index in [2.05, 4.69) is 0 Å². The molecule has 2 N–H and O–H groups in total. The average molecular weight is 282 g/mol. The molecule has 0 amide bonds. The highest BCUT2D eigenvalue weighted by Gasteiger charge is 2.14. The quantitative estimate of drug-likeness (QED) is 0.898. The molecular formula is C15H14ClF2N. The van der Waals surface area contributed by atoms with Crippen molar-refractivity contribution in [2.24, 2.45) is 5.73 Å². The summed E-state index contributed by atoms with van der Waals surface area (Å²) in [6.07, 6.45) is 0.231. The molecule has 2 aromatic rings. The first kappa shape index (κ1) is 14.0. The van der Waals surface area contributed by atoms with Gasteiger partial charge in [0.2, 0.25) is 0 Å². The third-order valence-corrected chi connectivity index (χ3v) is 3.33. The van der Waals surface area contributed by atoms with Crippen LogP contribution < -0.4 is 5.73 Å². The highest BCUT2D eigenvalue weighted by Crippen LogP contribution is 2.25. The van der Waals surface area contributed by atoms with Crippen molar-refractivity contribution in [2.75, 3.05) is 0 Å². The van der Waals surface area contributed by atoms with E-state index in [9.17, 15) is 8.78 Å². The standard InChI is InChI=1S/C15H14ClF2N/c1-9-5-10(7-11(17)6-9)15(19)8-12-13(16)3-2-4-14(12)18/h2-7,15H,8,19H2,1H3. The SMILES string of the molecule is Cc1cc(F)cc(C(N)Cc2c(F)cccc2Cl)c1. The molecule has 0 heterocycles. The molecular weight excluding hydrogens is 268 g/mol. The molecule has 0 fully saturated rings. The summed E-state index contributed by atoms with van der Waals surface area (Å²) in [5.74, 6) is -0.735. The normalized spacial score (nSPS) is 12.5. The molecule has 0 aliphatic heterocycles. The largest absolute Gasteiger partial charge is 0.324 e. The Labute approximate surface area is 116 Å². The van der Waals surface area contributed by atoms with E-state index in [1.807, 2.05) is 0 Å². The number of hydrogen-bond acceptors (Lipinski definition) is 1. The zero-order chi connectivity index (χ0) is 14.0. The van der Waals surface area contributed by atoms with Crippen LogP contribution in [0.3, 0.4) is 0 Å². The molecule has 100 valence electrons. The van der Waals surface area contributed by atoms with Gasteiger partial charge in [-0.15, -0.1) is 0 Å². The lowest BCUT2D eigenvalue weighted by Gasteiger charge is -2.14. The second kappa shape index (κ2) is 5.68. The van der Waals surface area contributed by atoms with Gasteiger partial charge >= 0.3 is 0 Å². The second-order valence-corrected chi connectivity index (χ2v) is 4.98. The number of benzene rings is 2. The Hall–Kier alpha value is -1.45. The van der Waals surface area contributed by atoms with Crippen molar-refractivity contribution < 1.29 is 8.78 Å². The number of halogens is 3. The van der Waals surface area contributed by atoms with Gasteiger partial charge in [0, 0.05) is 16.6 Å². The molecule has 1 unspecified atom stereocenters. The summed E-state index contributed by atoms with van der Waals surface area (Å²) >= 11 is 5.95. The predicted molar refractivity (Wildman–Crippen MR) is 73.2 cm³/mol. The van der Waals surface area contributed by atoms with Gasteiger partial charge in [0.1, 0.15) is 11.6 Å². The molecule has 1 nitrogen and oxygen atoms in total. The number of rotatable bonds is 3. The maximum atomic E-state index is 13.7. The Morgan fingerprint density at radius 2 is 1.95 bits per heavy atom. The van der Waals surface area contributed by atoms with Crippen LogP contribution in [0.1, 0.15) is 22.7 Å². The van der Waals surface area contributed by atoms with Crippen molar-refractivity contribution in [2.45, 2.75) is 19.4 Å². The average Bonchev–Trinajstić information content (AvgIpc) is 2.32. The van der Waals surface area contributed by atoms with Crippen LogP contribution in [-0.4, -0.2) is 0 Å². The minimum absolute atomic E-state index is 0.231. The van der Waals surface area contributed by atoms with E-state index in [0.717, 1.165) is 5.56 Å². The van der Waals surface area contributed by atoms with Crippen LogP contribution in [0, 0.1) is 18.6 Å². The van der Waals surface area contributed by atoms with Crippen LogP contribution >= 0.6 is 11.6 Å². The zero-order valence-electron chi connectivity index (χ0n) is 10.5. The maximum Gasteiger partial charge on any atom is 0.127 e. The fraction of sp³-hybridized carbons (Fsp3) is 0.200. The molecule has 0 saturated carbocycles. The molecule has 0 saturated heterocycles. The summed E-state index contributed by atoms with van der Waals surface area (Å²) in [6.45, 7) is 1.79. The monoisotopic (exact) mass is 281 g/mol. The van der Waals surface area contributed by atoms with Crippen LogP contribution in [0.5, 0.6) is 0 Å². The van der Waals surface area contributed by atoms with Crippen molar-refractivity contribution >= 4 is 11.6 Å². The van der Waals surface area contributed by atoms with Gasteiger partial charge in [0.25, 0.3) is 0 Å². The van der Waals surface area contributed by atoms with Crippen LogP contribution in [0.2, 0.25) is 5.02 Å². The van der Waals surface area contributed by atoms with Crippen LogP contribution in [-0.2, 0) is 6.42 Å². The Bertz CT molecular complexity index is 558. The summed E-state index contributed by atoms with van der Waals surface area (Å²) in [7, 11) is 0. The van der Waals surface area contributed by atoms with Crippen molar-refractivity contribution in [3.05, 3.63) is 69.7 Å². The molecule has 0 radical (unpaired) electrons. The number of nitrogens with two attached hydrogens (primary N) is 1. The topological polar surface area (TPSA) is 26.0 Å². The van der Waals surface area contributed by atoms with E-state index in [4.69, 9.17) is 17.3 Å². The number of aryl methyl sites for hydroxylation is 1. The Kier molecular flexibility index (Phi) is 4.17. The Morgan fingerprint density at radius 3 is 2.58 bits per heavy atom. The van der Waals surface area contributed by atoms with Crippen LogP contribution in [0.25, 0.3) is 0 Å². The van der Waals surface area contributed by atoms with E-state index in [1.54, 1.807) is 25.1 Å². The van der Waals surface area contributed by atoms with Crippen LogP contribution in [0.4, 0.5) is 8.78 Å². The third-order valence-electron chi connectivity index (χ3n) is 2.98. The molecule has 0 bridgehead atoms. The fourth-order valence-electron chi connectivity index (χ4n) is 2.04. The van der Waals surface area contributed by atoms with E-state index in [-0.39, 0.29) is 12.2 Å². The highest BCUT2D eigenvalue weighted by molar-refractivity contribution is 6.31. The lowest BCUT2D eigenvalue weighted by molar-refractivity contribution is 0.589. The summed E-state index contributed by atoms with van der Waals surface area (Å²) in [5.41, 5.74) is 7.79. The van der Waals surface area contributed by atoms with Gasteiger partial charge in [-0.2, -0.15) is 0 Å².